The zero-order valence-electron chi connectivity index (χ0n) is 26.4. The fourth-order valence-corrected chi connectivity index (χ4v) is 11.9. The van der Waals surface area contributed by atoms with E-state index < -0.39 is 0 Å². The van der Waals surface area contributed by atoms with Crippen LogP contribution < -0.4 is 4.90 Å². The molecule has 0 heterocycles. The van der Waals surface area contributed by atoms with Gasteiger partial charge in [-0.2, -0.15) is 0 Å². The molecule has 0 aromatic heterocycles. The van der Waals surface area contributed by atoms with E-state index in [4.69, 9.17) is 0 Å². The highest BCUT2D eigenvalue weighted by molar-refractivity contribution is 5.85. The Labute approximate surface area is 263 Å². The van der Waals surface area contributed by atoms with Gasteiger partial charge in [-0.3, -0.25) is 0 Å². The predicted molar refractivity (Wildman–Crippen MR) is 182 cm³/mol. The number of hydrogen-bond donors (Lipinski definition) is 0. The molecule has 0 saturated heterocycles. The predicted octanol–water partition coefficient (Wildman–Crippen LogP) is 11.5. The summed E-state index contributed by atoms with van der Waals surface area (Å²) in [6.07, 6.45) is 11.7. The molecule has 6 bridgehead atoms. The molecular formula is C43H45N. The molecule has 0 radical (unpaired) electrons. The second kappa shape index (κ2) is 9.35. The summed E-state index contributed by atoms with van der Waals surface area (Å²) in [5.74, 6) is 7.37. The molecule has 7 aliphatic rings. The van der Waals surface area contributed by atoms with Crippen LogP contribution >= 0.6 is 0 Å². The number of nitrogens with zero attached hydrogens (tertiary/aromatic N) is 1. The maximum Gasteiger partial charge on any atom is 0.0465 e. The molecule has 6 fully saturated rings. The molecule has 1 heteroatoms. The highest BCUT2D eigenvalue weighted by atomic mass is 15.1. The summed E-state index contributed by atoms with van der Waals surface area (Å²) in [6.45, 7) is 4.79. The van der Waals surface area contributed by atoms with Gasteiger partial charge in [0.1, 0.15) is 0 Å². The van der Waals surface area contributed by atoms with E-state index in [1.165, 1.54) is 90.7 Å². The van der Waals surface area contributed by atoms with Gasteiger partial charge in [-0.05, 0) is 162 Å². The van der Waals surface area contributed by atoms with Crippen molar-refractivity contribution in [1.82, 2.24) is 0 Å². The van der Waals surface area contributed by atoms with Gasteiger partial charge >= 0.3 is 0 Å². The van der Waals surface area contributed by atoms with Crippen LogP contribution in [-0.4, -0.2) is 0 Å². The van der Waals surface area contributed by atoms with Gasteiger partial charge in [-0.25, -0.2) is 0 Å². The maximum atomic E-state index is 2.53. The van der Waals surface area contributed by atoms with E-state index in [1.54, 1.807) is 11.1 Å². The van der Waals surface area contributed by atoms with Gasteiger partial charge in [0.15, 0.2) is 0 Å². The first-order valence-corrected chi connectivity index (χ1v) is 17.8. The molecule has 4 aromatic rings. The van der Waals surface area contributed by atoms with Crippen molar-refractivity contribution < 1.29 is 0 Å². The molecule has 7 aliphatic carbocycles. The highest BCUT2D eigenvalue weighted by Gasteiger charge is 2.54. The van der Waals surface area contributed by atoms with E-state index in [0.717, 1.165) is 47.3 Å². The van der Waals surface area contributed by atoms with Crippen LogP contribution in [0.5, 0.6) is 0 Å². The first-order chi connectivity index (χ1) is 21.5. The SMILES string of the molecule is CC1(C)c2ccccc2-c2ccc(N(c3ccc(C4CC5CCC4C5)cc3)c3ccc(C4C5CC6CC(C5)C4C6)cc3)cc21. The van der Waals surface area contributed by atoms with Gasteiger partial charge in [0.25, 0.3) is 0 Å². The minimum atomic E-state index is -0.00988. The van der Waals surface area contributed by atoms with Crippen molar-refractivity contribution in [2.45, 2.75) is 82.5 Å². The van der Waals surface area contributed by atoms with Crippen molar-refractivity contribution in [2.75, 3.05) is 4.90 Å². The fraction of sp³-hybridized carbons (Fsp3) is 0.442. The van der Waals surface area contributed by atoms with E-state index in [9.17, 15) is 0 Å². The normalized spacial score (nSPS) is 33.1. The Morgan fingerprint density at radius 3 is 1.95 bits per heavy atom. The zero-order valence-corrected chi connectivity index (χ0v) is 26.4. The van der Waals surface area contributed by atoms with Crippen LogP contribution in [0.2, 0.25) is 0 Å². The number of anilines is 3. The Hall–Kier alpha value is -3.32. The summed E-state index contributed by atoms with van der Waals surface area (Å²) in [4.78, 5) is 2.53. The van der Waals surface area contributed by atoms with Crippen molar-refractivity contribution in [2.24, 2.45) is 35.5 Å². The summed E-state index contributed by atoms with van der Waals surface area (Å²) in [5.41, 5.74) is 12.6. The van der Waals surface area contributed by atoms with Gasteiger partial charge in [-0.15, -0.1) is 0 Å². The topological polar surface area (TPSA) is 3.24 Å². The second-order valence-electron chi connectivity index (χ2n) is 16.2. The van der Waals surface area contributed by atoms with Crippen LogP contribution in [0.4, 0.5) is 17.1 Å². The quantitative estimate of drug-likeness (QED) is 0.229. The standard InChI is InChI=1S/C43H45N/c1-43(2)40-6-4-3-5-36(40)37-18-17-35(25-41(37)43)44(33-13-9-28(10-14-33)38-22-26-7-8-30(38)19-26)34-15-11-29(12-16-34)42-32-21-27-20-31(24-32)39(42)23-27/h3-6,9-18,25-27,30-32,38-39,42H,7-8,19-24H2,1-2H3. The molecule has 4 aromatic carbocycles. The zero-order chi connectivity index (χ0) is 29.2. The third kappa shape index (κ3) is 3.71. The average Bonchev–Trinajstić information content (AvgIpc) is 3.85. The van der Waals surface area contributed by atoms with Crippen molar-refractivity contribution in [3.05, 3.63) is 113 Å². The molecule has 1 nitrogen and oxygen atoms in total. The molecule has 44 heavy (non-hydrogen) atoms. The number of fused-ring (bicyclic) bond motifs is 5. The van der Waals surface area contributed by atoms with Crippen LogP contribution in [0.25, 0.3) is 11.1 Å². The van der Waals surface area contributed by atoms with E-state index in [0.29, 0.717) is 0 Å². The Balaban J connectivity index is 1.04. The second-order valence-corrected chi connectivity index (χ2v) is 16.2. The van der Waals surface area contributed by atoms with E-state index >= 15 is 0 Å². The lowest BCUT2D eigenvalue weighted by molar-refractivity contribution is 0.249. The van der Waals surface area contributed by atoms with Gasteiger partial charge in [0.05, 0.1) is 0 Å². The molecule has 6 saturated carbocycles. The molecule has 11 rings (SSSR count). The molecule has 8 unspecified atom stereocenters. The number of rotatable bonds is 5. The average molecular weight is 576 g/mol. The molecule has 0 amide bonds. The third-order valence-corrected chi connectivity index (χ3v) is 13.7. The van der Waals surface area contributed by atoms with Gasteiger partial charge < -0.3 is 4.90 Å². The van der Waals surface area contributed by atoms with Crippen molar-refractivity contribution in [3.63, 3.8) is 0 Å². The Morgan fingerprint density at radius 2 is 1.23 bits per heavy atom. The first kappa shape index (κ1) is 26.0. The lowest BCUT2D eigenvalue weighted by Gasteiger charge is -2.33. The number of benzene rings is 4. The van der Waals surface area contributed by atoms with E-state index in [2.05, 4.69) is 110 Å². The lowest BCUT2D eigenvalue weighted by Crippen LogP contribution is -2.21. The van der Waals surface area contributed by atoms with Crippen LogP contribution in [0.3, 0.4) is 0 Å². The summed E-state index contributed by atoms with van der Waals surface area (Å²) in [6, 6.07) is 35.9. The van der Waals surface area contributed by atoms with Crippen molar-refractivity contribution >= 4 is 17.1 Å². The smallest absolute Gasteiger partial charge is 0.0465 e. The van der Waals surface area contributed by atoms with Crippen LogP contribution in [-0.2, 0) is 5.41 Å². The minimum Gasteiger partial charge on any atom is -0.310 e. The van der Waals surface area contributed by atoms with Crippen molar-refractivity contribution in [3.8, 4) is 11.1 Å². The fourth-order valence-electron chi connectivity index (χ4n) is 11.9. The molecule has 0 aliphatic heterocycles. The van der Waals surface area contributed by atoms with Crippen molar-refractivity contribution in [1.29, 1.82) is 0 Å². The minimum absolute atomic E-state index is 0.00988. The van der Waals surface area contributed by atoms with Crippen LogP contribution in [0, 0.1) is 35.5 Å². The largest absolute Gasteiger partial charge is 0.310 e. The molecule has 222 valence electrons. The monoisotopic (exact) mass is 575 g/mol. The number of hydrogen-bond acceptors (Lipinski definition) is 1. The van der Waals surface area contributed by atoms with Gasteiger partial charge in [-0.1, -0.05) is 74.9 Å². The third-order valence-electron chi connectivity index (χ3n) is 13.7. The summed E-state index contributed by atoms with van der Waals surface area (Å²) < 4.78 is 0. The molecule has 0 spiro atoms. The molecule has 0 N–H and O–H groups in total. The maximum absolute atomic E-state index is 2.53. The van der Waals surface area contributed by atoms with E-state index in [-0.39, 0.29) is 5.41 Å². The summed E-state index contributed by atoms with van der Waals surface area (Å²) in [7, 11) is 0. The van der Waals surface area contributed by atoms with Gasteiger partial charge in [0.2, 0.25) is 0 Å². The molecular weight excluding hydrogens is 530 g/mol. The van der Waals surface area contributed by atoms with E-state index in [1.807, 2.05) is 0 Å². The van der Waals surface area contributed by atoms with Crippen LogP contribution in [0.15, 0.2) is 91.0 Å². The van der Waals surface area contributed by atoms with Crippen LogP contribution in [0.1, 0.15) is 99.3 Å². The first-order valence-electron chi connectivity index (χ1n) is 17.8. The molecule has 8 atom stereocenters. The van der Waals surface area contributed by atoms with Gasteiger partial charge in [0, 0.05) is 22.5 Å². The Kier molecular flexibility index (Phi) is 5.52. The Bertz CT molecular complexity index is 1740. The lowest BCUT2D eigenvalue weighted by atomic mass is 9.72. The summed E-state index contributed by atoms with van der Waals surface area (Å²) >= 11 is 0. The Morgan fingerprint density at radius 1 is 0.545 bits per heavy atom. The highest BCUT2D eigenvalue weighted by Crippen LogP contribution is 2.64. The summed E-state index contributed by atoms with van der Waals surface area (Å²) in [5, 5.41) is 0.